The first-order valence-corrected chi connectivity index (χ1v) is 7.82. The highest BCUT2D eigenvalue weighted by Gasteiger charge is 2.12. The summed E-state index contributed by atoms with van der Waals surface area (Å²) in [6, 6.07) is 11.0. The highest BCUT2D eigenvalue weighted by Crippen LogP contribution is 2.03. The highest BCUT2D eigenvalue weighted by atomic mass is 127. The zero-order valence-corrected chi connectivity index (χ0v) is 16.9. The number of aliphatic imine (C=N–C) groups is 1. The van der Waals surface area contributed by atoms with E-state index >= 15 is 0 Å². The van der Waals surface area contributed by atoms with E-state index in [4.69, 9.17) is 0 Å². The van der Waals surface area contributed by atoms with E-state index in [1.54, 1.807) is 0 Å². The van der Waals surface area contributed by atoms with E-state index in [2.05, 4.69) is 72.2 Å². The average Bonchev–Trinajstić information content (AvgIpc) is 2.50. The van der Waals surface area contributed by atoms with E-state index < -0.39 is 0 Å². The van der Waals surface area contributed by atoms with Gasteiger partial charge in [0.25, 0.3) is 0 Å². The zero-order valence-electron chi connectivity index (χ0n) is 14.5. The molecule has 0 spiro atoms. The largest absolute Gasteiger partial charge is 0.355 e. The lowest BCUT2D eigenvalue weighted by Crippen LogP contribution is -2.46. The van der Waals surface area contributed by atoms with E-state index in [9.17, 15) is 0 Å². The molecule has 0 fully saturated rings. The monoisotopic (exact) mass is 418 g/mol. The van der Waals surface area contributed by atoms with Crippen molar-refractivity contribution in [2.75, 3.05) is 33.7 Å². The van der Waals surface area contributed by atoms with E-state index in [0.29, 0.717) is 6.04 Å². The first-order valence-electron chi connectivity index (χ1n) is 7.82. The molecule has 22 heavy (non-hydrogen) atoms. The van der Waals surface area contributed by atoms with Crippen LogP contribution >= 0.6 is 24.0 Å². The van der Waals surface area contributed by atoms with Crippen LogP contribution in [0.25, 0.3) is 0 Å². The Bertz CT molecular complexity index is 418. The van der Waals surface area contributed by atoms with Crippen molar-refractivity contribution in [3.63, 3.8) is 0 Å². The first kappa shape index (κ1) is 21.2. The third kappa shape index (κ3) is 6.96. The molecule has 0 aliphatic rings. The summed E-state index contributed by atoms with van der Waals surface area (Å²) in [6.45, 7) is 10.6. The predicted molar refractivity (Wildman–Crippen MR) is 107 cm³/mol. The second kappa shape index (κ2) is 11.7. The Kier molecular flexibility index (Phi) is 11.3. The summed E-state index contributed by atoms with van der Waals surface area (Å²) in [4.78, 5) is 8.98. The van der Waals surface area contributed by atoms with Crippen molar-refractivity contribution in [1.29, 1.82) is 0 Å². The lowest BCUT2D eigenvalue weighted by atomic mass is 10.2. The average molecular weight is 418 g/mol. The number of hydrogen-bond donors (Lipinski definition) is 1. The first-order chi connectivity index (χ1) is 10.1. The molecule has 0 saturated carbocycles. The van der Waals surface area contributed by atoms with Gasteiger partial charge >= 0.3 is 0 Å². The van der Waals surface area contributed by atoms with Crippen LogP contribution in [-0.2, 0) is 6.54 Å². The molecule has 1 aromatic rings. The lowest BCUT2D eigenvalue weighted by Gasteiger charge is -2.29. The summed E-state index contributed by atoms with van der Waals surface area (Å²) in [5.41, 5.74) is 1.29. The number of hydrogen-bond acceptors (Lipinski definition) is 2. The number of benzene rings is 1. The molecule has 0 aliphatic carbocycles. The molecule has 0 amide bonds. The van der Waals surface area contributed by atoms with Crippen LogP contribution in [-0.4, -0.2) is 55.5 Å². The Balaban J connectivity index is 0.00000441. The van der Waals surface area contributed by atoms with Crippen molar-refractivity contribution in [3.8, 4) is 0 Å². The molecule has 126 valence electrons. The molecule has 0 aromatic heterocycles. The zero-order chi connectivity index (χ0) is 15.7. The molecule has 0 saturated heterocycles. The maximum Gasteiger partial charge on any atom is 0.193 e. The number of guanidine groups is 1. The Morgan fingerprint density at radius 3 is 2.27 bits per heavy atom. The Hall–Kier alpha value is -0.820. The maximum atomic E-state index is 4.38. The van der Waals surface area contributed by atoms with E-state index in [0.717, 1.165) is 32.1 Å². The number of nitrogens with zero attached hydrogens (tertiary/aromatic N) is 3. The molecule has 1 rings (SSSR count). The minimum atomic E-state index is 0. The Morgan fingerprint density at radius 1 is 1.18 bits per heavy atom. The molecule has 0 bridgehead atoms. The SMILES string of the molecule is CCN(CC)C(C)CNC(=NC)N(C)Cc1ccccc1.I. The van der Waals surface area contributed by atoms with Gasteiger partial charge in [-0.25, -0.2) is 0 Å². The van der Waals surface area contributed by atoms with Gasteiger partial charge in [0, 0.05) is 33.2 Å². The van der Waals surface area contributed by atoms with E-state index in [-0.39, 0.29) is 24.0 Å². The topological polar surface area (TPSA) is 30.9 Å². The molecule has 0 aliphatic heterocycles. The molecule has 0 heterocycles. The normalized spacial score (nSPS) is 12.7. The fourth-order valence-corrected chi connectivity index (χ4v) is 2.53. The minimum Gasteiger partial charge on any atom is -0.355 e. The second-order valence-electron chi connectivity index (χ2n) is 5.34. The second-order valence-corrected chi connectivity index (χ2v) is 5.34. The molecule has 0 radical (unpaired) electrons. The van der Waals surface area contributed by atoms with Gasteiger partial charge in [-0.15, -0.1) is 24.0 Å². The van der Waals surface area contributed by atoms with Crippen LogP contribution in [0.2, 0.25) is 0 Å². The number of nitrogens with one attached hydrogen (secondary N) is 1. The van der Waals surface area contributed by atoms with Gasteiger partial charge in [0.05, 0.1) is 0 Å². The third-order valence-corrected chi connectivity index (χ3v) is 3.83. The van der Waals surface area contributed by atoms with Crippen molar-refractivity contribution in [2.45, 2.75) is 33.4 Å². The summed E-state index contributed by atoms with van der Waals surface area (Å²) in [5, 5.41) is 3.47. The molecule has 1 N–H and O–H groups in total. The number of likely N-dealkylation sites (N-methyl/N-ethyl adjacent to an activating group) is 1. The van der Waals surface area contributed by atoms with Gasteiger partial charge in [-0.05, 0) is 25.6 Å². The van der Waals surface area contributed by atoms with Crippen LogP contribution in [0.3, 0.4) is 0 Å². The Labute approximate surface area is 153 Å². The lowest BCUT2D eigenvalue weighted by molar-refractivity contribution is 0.230. The van der Waals surface area contributed by atoms with Crippen LogP contribution in [0.15, 0.2) is 35.3 Å². The quantitative estimate of drug-likeness (QED) is 0.420. The van der Waals surface area contributed by atoms with Crippen molar-refractivity contribution < 1.29 is 0 Å². The smallest absolute Gasteiger partial charge is 0.193 e. The van der Waals surface area contributed by atoms with Crippen LogP contribution < -0.4 is 5.32 Å². The van der Waals surface area contributed by atoms with Crippen LogP contribution in [0.4, 0.5) is 0 Å². The number of rotatable bonds is 7. The van der Waals surface area contributed by atoms with Gasteiger partial charge in [0.15, 0.2) is 5.96 Å². The summed E-state index contributed by atoms with van der Waals surface area (Å²) in [6.07, 6.45) is 0. The van der Waals surface area contributed by atoms with Crippen LogP contribution in [0.5, 0.6) is 0 Å². The van der Waals surface area contributed by atoms with Gasteiger partial charge in [0.2, 0.25) is 0 Å². The van der Waals surface area contributed by atoms with Gasteiger partial charge in [-0.2, -0.15) is 0 Å². The van der Waals surface area contributed by atoms with Crippen molar-refractivity contribution in [1.82, 2.24) is 15.1 Å². The van der Waals surface area contributed by atoms with Gasteiger partial charge in [-0.1, -0.05) is 44.2 Å². The molecular weight excluding hydrogens is 387 g/mol. The molecule has 1 unspecified atom stereocenters. The van der Waals surface area contributed by atoms with E-state index in [1.165, 1.54) is 5.56 Å². The molecule has 4 nitrogen and oxygen atoms in total. The van der Waals surface area contributed by atoms with Crippen molar-refractivity contribution >= 4 is 29.9 Å². The highest BCUT2D eigenvalue weighted by molar-refractivity contribution is 14.0. The summed E-state index contributed by atoms with van der Waals surface area (Å²) < 4.78 is 0. The summed E-state index contributed by atoms with van der Waals surface area (Å²) in [7, 11) is 3.91. The molecule has 1 atom stereocenters. The molecule has 5 heteroatoms. The summed E-state index contributed by atoms with van der Waals surface area (Å²) in [5.74, 6) is 0.942. The Morgan fingerprint density at radius 2 is 1.77 bits per heavy atom. The minimum absolute atomic E-state index is 0. The summed E-state index contributed by atoms with van der Waals surface area (Å²) >= 11 is 0. The van der Waals surface area contributed by atoms with Crippen molar-refractivity contribution in [3.05, 3.63) is 35.9 Å². The third-order valence-electron chi connectivity index (χ3n) is 3.83. The maximum absolute atomic E-state index is 4.38. The van der Waals surface area contributed by atoms with Crippen LogP contribution in [0, 0.1) is 0 Å². The van der Waals surface area contributed by atoms with Crippen LogP contribution in [0.1, 0.15) is 26.3 Å². The van der Waals surface area contributed by atoms with E-state index in [1.807, 2.05) is 13.1 Å². The van der Waals surface area contributed by atoms with Gasteiger partial charge in [0.1, 0.15) is 0 Å². The predicted octanol–water partition coefficient (Wildman–Crippen LogP) is 3.04. The standard InChI is InChI=1S/C17H30N4.HI/c1-6-21(7-2)15(3)13-19-17(18-4)20(5)14-16-11-9-8-10-12-16;/h8-12,15H,6-7,13-14H2,1-5H3,(H,18,19);1H. The number of halogens is 1. The molecule has 1 aromatic carbocycles. The van der Waals surface area contributed by atoms with Crippen molar-refractivity contribution in [2.24, 2.45) is 4.99 Å². The van der Waals surface area contributed by atoms with Gasteiger partial charge in [-0.3, -0.25) is 9.89 Å². The fraction of sp³-hybridized carbons (Fsp3) is 0.588. The fourth-order valence-electron chi connectivity index (χ4n) is 2.53. The molecular formula is C17H31IN4. The van der Waals surface area contributed by atoms with Gasteiger partial charge < -0.3 is 10.2 Å².